The molecule has 0 saturated carbocycles. The molecule has 1 aromatic rings. The first-order valence-electron chi connectivity index (χ1n) is 6.87. The lowest BCUT2D eigenvalue weighted by Crippen LogP contribution is -2.26. The minimum Gasteiger partial charge on any atom is -0.490 e. The van der Waals surface area contributed by atoms with Crippen molar-refractivity contribution in [2.75, 3.05) is 13.2 Å². The normalized spacial score (nSPS) is 17.9. The van der Waals surface area contributed by atoms with Crippen molar-refractivity contribution in [3.63, 3.8) is 0 Å². The molecule has 3 nitrogen and oxygen atoms in total. The van der Waals surface area contributed by atoms with E-state index in [2.05, 4.69) is 26.0 Å². The van der Waals surface area contributed by atoms with Crippen LogP contribution >= 0.6 is 0 Å². The number of benzene rings is 1. The maximum Gasteiger partial charge on any atom is 0.161 e. The third-order valence-electron chi connectivity index (χ3n) is 3.56. The first-order chi connectivity index (χ1) is 8.72. The van der Waals surface area contributed by atoms with Crippen LogP contribution in [0, 0.1) is 0 Å². The van der Waals surface area contributed by atoms with E-state index < -0.39 is 0 Å². The molecule has 0 amide bonds. The number of ether oxygens (including phenoxy) is 2. The zero-order chi connectivity index (χ0) is 13.0. The molecule has 0 aliphatic carbocycles. The topological polar surface area (TPSA) is 44.5 Å². The number of hydrogen-bond acceptors (Lipinski definition) is 3. The van der Waals surface area contributed by atoms with E-state index in [-0.39, 0.29) is 6.04 Å². The SMILES string of the molecule is CCCC(N)C(C)c1ccc2c(c1)OCCCO2. The molecule has 1 aliphatic heterocycles. The molecule has 2 atom stereocenters. The summed E-state index contributed by atoms with van der Waals surface area (Å²) in [7, 11) is 0. The van der Waals surface area contributed by atoms with Gasteiger partial charge in [0, 0.05) is 12.5 Å². The summed E-state index contributed by atoms with van der Waals surface area (Å²) in [6.07, 6.45) is 3.11. The molecule has 2 N–H and O–H groups in total. The molecule has 3 heteroatoms. The van der Waals surface area contributed by atoms with Crippen LogP contribution in [0.5, 0.6) is 11.5 Å². The van der Waals surface area contributed by atoms with Gasteiger partial charge in [0.2, 0.25) is 0 Å². The summed E-state index contributed by atoms with van der Waals surface area (Å²) in [4.78, 5) is 0. The van der Waals surface area contributed by atoms with Crippen molar-refractivity contribution in [1.29, 1.82) is 0 Å². The van der Waals surface area contributed by atoms with E-state index in [0.29, 0.717) is 5.92 Å². The quantitative estimate of drug-likeness (QED) is 0.892. The molecule has 1 aromatic carbocycles. The third-order valence-corrected chi connectivity index (χ3v) is 3.56. The predicted octanol–water partition coefficient (Wildman–Crippen LogP) is 3.08. The molecule has 0 spiro atoms. The van der Waals surface area contributed by atoms with Gasteiger partial charge in [0.1, 0.15) is 0 Å². The summed E-state index contributed by atoms with van der Waals surface area (Å²) in [5, 5.41) is 0. The lowest BCUT2D eigenvalue weighted by atomic mass is 9.91. The van der Waals surface area contributed by atoms with Crippen LogP contribution in [0.1, 0.15) is 44.6 Å². The molecule has 0 saturated heterocycles. The van der Waals surface area contributed by atoms with Crippen LogP contribution in [0.25, 0.3) is 0 Å². The maximum atomic E-state index is 6.19. The third kappa shape index (κ3) is 2.96. The van der Waals surface area contributed by atoms with E-state index in [1.165, 1.54) is 5.56 Å². The zero-order valence-electron chi connectivity index (χ0n) is 11.3. The van der Waals surface area contributed by atoms with Crippen molar-refractivity contribution in [1.82, 2.24) is 0 Å². The molecule has 2 rings (SSSR count). The van der Waals surface area contributed by atoms with Crippen molar-refractivity contribution in [3.8, 4) is 11.5 Å². The Labute approximate surface area is 109 Å². The molecule has 0 aromatic heterocycles. The van der Waals surface area contributed by atoms with Crippen LogP contribution in [0.2, 0.25) is 0 Å². The van der Waals surface area contributed by atoms with E-state index in [9.17, 15) is 0 Å². The highest BCUT2D eigenvalue weighted by Gasteiger charge is 2.17. The minimum atomic E-state index is 0.208. The Morgan fingerprint density at radius 2 is 1.94 bits per heavy atom. The van der Waals surface area contributed by atoms with Gasteiger partial charge in [-0.3, -0.25) is 0 Å². The van der Waals surface area contributed by atoms with E-state index >= 15 is 0 Å². The summed E-state index contributed by atoms with van der Waals surface area (Å²) in [6.45, 7) is 5.81. The van der Waals surface area contributed by atoms with Gasteiger partial charge in [0.05, 0.1) is 13.2 Å². The van der Waals surface area contributed by atoms with Gasteiger partial charge in [-0.15, -0.1) is 0 Å². The van der Waals surface area contributed by atoms with Crippen LogP contribution in [0.15, 0.2) is 18.2 Å². The van der Waals surface area contributed by atoms with Gasteiger partial charge in [-0.2, -0.15) is 0 Å². The first kappa shape index (κ1) is 13.2. The fraction of sp³-hybridized carbons (Fsp3) is 0.600. The number of fused-ring (bicyclic) bond motifs is 1. The minimum absolute atomic E-state index is 0.208. The average molecular weight is 249 g/mol. The van der Waals surface area contributed by atoms with E-state index in [1.807, 2.05) is 6.07 Å². The fourth-order valence-electron chi connectivity index (χ4n) is 2.29. The summed E-state index contributed by atoms with van der Waals surface area (Å²) in [6, 6.07) is 6.40. The van der Waals surface area contributed by atoms with Crippen LogP contribution in [-0.4, -0.2) is 19.3 Å². The van der Waals surface area contributed by atoms with Crippen LogP contribution in [-0.2, 0) is 0 Å². The zero-order valence-corrected chi connectivity index (χ0v) is 11.3. The second-order valence-electron chi connectivity index (χ2n) is 5.00. The molecule has 1 aliphatic rings. The Hall–Kier alpha value is -1.22. The van der Waals surface area contributed by atoms with Crippen LogP contribution in [0.4, 0.5) is 0 Å². The molecule has 0 radical (unpaired) electrons. The summed E-state index contributed by atoms with van der Waals surface area (Å²) in [5.74, 6) is 2.06. The average Bonchev–Trinajstić information content (AvgIpc) is 2.62. The lowest BCUT2D eigenvalue weighted by Gasteiger charge is -2.20. The summed E-state index contributed by atoms with van der Waals surface area (Å²) < 4.78 is 11.3. The monoisotopic (exact) mass is 249 g/mol. The van der Waals surface area contributed by atoms with Crippen molar-refractivity contribution in [2.24, 2.45) is 5.73 Å². The Morgan fingerprint density at radius 3 is 2.67 bits per heavy atom. The fourth-order valence-corrected chi connectivity index (χ4v) is 2.29. The lowest BCUT2D eigenvalue weighted by molar-refractivity contribution is 0.297. The number of rotatable bonds is 4. The van der Waals surface area contributed by atoms with E-state index in [4.69, 9.17) is 15.2 Å². The molecular formula is C15H23NO2. The maximum absolute atomic E-state index is 6.19. The molecule has 18 heavy (non-hydrogen) atoms. The molecule has 0 bridgehead atoms. The Bertz CT molecular complexity index is 392. The van der Waals surface area contributed by atoms with Gasteiger partial charge in [0.15, 0.2) is 11.5 Å². The van der Waals surface area contributed by atoms with Crippen molar-refractivity contribution >= 4 is 0 Å². The molecular weight excluding hydrogens is 226 g/mol. The molecule has 1 heterocycles. The largest absolute Gasteiger partial charge is 0.490 e. The van der Waals surface area contributed by atoms with Gasteiger partial charge in [-0.1, -0.05) is 26.3 Å². The van der Waals surface area contributed by atoms with Gasteiger partial charge >= 0.3 is 0 Å². The van der Waals surface area contributed by atoms with Gasteiger partial charge in [-0.05, 0) is 30.0 Å². The van der Waals surface area contributed by atoms with Gasteiger partial charge in [0.25, 0.3) is 0 Å². The van der Waals surface area contributed by atoms with Crippen LogP contribution in [0.3, 0.4) is 0 Å². The summed E-state index contributed by atoms with van der Waals surface area (Å²) in [5.41, 5.74) is 7.43. The van der Waals surface area contributed by atoms with E-state index in [0.717, 1.165) is 44.0 Å². The Kier molecular flexibility index (Phi) is 4.48. The predicted molar refractivity (Wildman–Crippen MR) is 73.3 cm³/mol. The van der Waals surface area contributed by atoms with Crippen molar-refractivity contribution < 1.29 is 9.47 Å². The van der Waals surface area contributed by atoms with Gasteiger partial charge < -0.3 is 15.2 Å². The van der Waals surface area contributed by atoms with Crippen molar-refractivity contribution in [2.45, 2.75) is 45.1 Å². The van der Waals surface area contributed by atoms with Gasteiger partial charge in [-0.25, -0.2) is 0 Å². The van der Waals surface area contributed by atoms with Crippen LogP contribution < -0.4 is 15.2 Å². The standard InChI is InChI=1S/C15H23NO2/c1-3-5-13(16)11(2)12-6-7-14-15(10-12)18-9-4-8-17-14/h6-7,10-11,13H,3-5,8-9,16H2,1-2H3. The number of hydrogen-bond donors (Lipinski definition) is 1. The second kappa shape index (κ2) is 6.10. The highest BCUT2D eigenvalue weighted by molar-refractivity contribution is 5.44. The smallest absolute Gasteiger partial charge is 0.161 e. The molecule has 0 fully saturated rings. The summed E-state index contributed by atoms with van der Waals surface area (Å²) >= 11 is 0. The second-order valence-corrected chi connectivity index (χ2v) is 5.00. The Morgan fingerprint density at radius 1 is 1.22 bits per heavy atom. The highest BCUT2D eigenvalue weighted by Crippen LogP contribution is 2.33. The Balaban J connectivity index is 2.17. The number of nitrogens with two attached hydrogens (primary N) is 1. The van der Waals surface area contributed by atoms with Crippen molar-refractivity contribution in [3.05, 3.63) is 23.8 Å². The first-order valence-corrected chi connectivity index (χ1v) is 6.87. The highest BCUT2D eigenvalue weighted by atomic mass is 16.5. The van der Waals surface area contributed by atoms with E-state index in [1.54, 1.807) is 0 Å². The molecule has 100 valence electrons. The molecule has 2 unspecified atom stereocenters.